The van der Waals surface area contributed by atoms with Gasteiger partial charge in [-0.1, -0.05) is 30.3 Å². The Labute approximate surface area is 158 Å². The first-order valence-corrected chi connectivity index (χ1v) is 9.19. The molecule has 0 spiro atoms. The quantitative estimate of drug-likeness (QED) is 0.717. The van der Waals surface area contributed by atoms with Crippen LogP contribution < -0.4 is 5.32 Å². The van der Waals surface area contributed by atoms with Crippen molar-refractivity contribution in [2.45, 2.75) is 24.3 Å². The average Bonchev–Trinajstić information content (AvgIpc) is 3.35. The number of fused-ring (bicyclic) bond motifs is 1. The van der Waals surface area contributed by atoms with Gasteiger partial charge in [-0.3, -0.25) is 9.69 Å². The second-order valence-corrected chi connectivity index (χ2v) is 7.47. The summed E-state index contributed by atoms with van der Waals surface area (Å²) in [6.07, 6.45) is 1.59. The van der Waals surface area contributed by atoms with Crippen molar-refractivity contribution in [1.29, 1.82) is 0 Å². The fraction of sp³-hybridized carbons (Fsp3) is 0.318. The first kappa shape index (κ1) is 17.7. The molecule has 0 saturated heterocycles. The fourth-order valence-corrected chi connectivity index (χ4v) is 3.60. The highest BCUT2D eigenvalue weighted by Gasteiger charge is 2.51. The summed E-state index contributed by atoms with van der Waals surface area (Å²) in [4.78, 5) is 14.9. The minimum absolute atomic E-state index is 0.00271. The standard InChI is InChI=1S/C22H23FN2O2/c1-25(2)18(20-13-15-5-3-4-6-19(15)27-20)14-24-21(26)22(11-12-22)16-7-9-17(23)10-8-16/h3-10,13,18H,11-12,14H2,1-2H3,(H,24,26)/t18-/m0/s1. The summed E-state index contributed by atoms with van der Waals surface area (Å²) in [5.41, 5.74) is 1.21. The number of halogens is 1. The molecule has 1 atom stereocenters. The number of nitrogens with zero attached hydrogens (tertiary/aromatic N) is 1. The van der Waals surface area contributed by atoms with Gasteiger partial charge in [0.15, 0.2) is 0 Å². The number of hydrogen-bond donors (Lipinski definition) is 1. The number of nitrogens with one attached hydrogen (secondary N) is 1. The molecule has 1 saturated carbocycles. The van der Waals surface area contributed by atoms with Crippen molar-refractivity contribution < 1.29 is 13.6 Å². The Kier molecular flexibility index (Phi) is 4.48. The van der Waals surface area contributed by atoms with Crippen LogP contribution in [-0.2, 0) is 10.2 Å². The zero-order valence-corrected chi connectivity index (χ0v) is 15.5. The van der Waals surface area contributed by atoms with E-state index in [0.717, 1.165) is 35.1 Å². The van der Waals surface area contributed by atoms with Gasteiger partial charge < -0.3 is 9.73 Å². The molecule has 1 aliphatic rings. The molecule has 0 unspecified atom stereocenters. The molecule has 27 heavy (non-hydrogen) atoms. The Morgan fingerprint density at radius 3 is 2.52 bits per heavy atom. The van der Waals surface area contributed by atoms with Gasteiger partial charge in [0.2, 0.25) is 5.91 Å². The van der Waals surface area contributed by atoms with Crippen LogP contribution in [0.25, 0.3) is 11.0 Å². The minimum Gasteiger partial charge on any atom is -0.459 e. The third kappa shape index (κ3) is 3.35. The van der Waals surface area contributed by atoms with Crippen LogP contribution in [-0.4, -0.2) is 31.4 Å². The molecule has 1 aliphatic carbocycles. The van der Waals surface area contributed by atoms with Crippen LogP contribution in [0.3, 0.4) is 0 Å². The molecule has 4 nitrogen and oxygen atoms in total. The molecular formula is C22H23FN2O2. The van der Waals surface area contributed by atoms with E-state index in [2.05, 4.69) is 5.32 Å². The molecule has 0 aliphatic heterocycles. The van der Waals surface area contributed by atoms with E-state index in [0.29, 0.717) is 6.54 Å². The molecule has 3 aromatic rings. The number of furan rings is 1. The van der Waals surface area contributed by atoms with Gasteiger partial charge in [-0.15, -0.1) is 0 Å². The Hall–Kier alpha value is -2.66. The zero-order valence-electron chi connectivity index (χ0n) is 15.5. The lowest BCUT2D eigenvalue weighted by molar-refractivity contribution is -0.123. The maximum Gasteiger partial charge on any atom is 0.230 e. The van der Waals surface area contributed by atoms with Crippen molar-refractivity contribution in [3.63, 3.8) is 0 Å². The van der Waals surface area contributed by atoms with Crippen molar-refractivity contribution in [2.75, 3.05) is 20.6 Å². The Morgan fingerprint density at radius 2 is 1.89 bits per heavy atom. The van der Waals surface area contributed by atoms with E-state index in [9.17, 15) is 9.18 Å². The number of carbonyl (C=O) groups is 1. The van der Waals surface area contributed by atoms with E-state index < -0.39 is 5.41 Å². The average molecular weight is 366 g/mol. The van der Waals surface area contributed by atoms with Crippen LogP contribution >= 0.6 is 0 Å². The lowest BCUT2D eigenvalue weighted by atomic mass is 9.95. The number of carbonyl (C=O) groups excluding carboxylic acids is 1. The maximum atomic E-state index is 13.2. The van der Waals surface area contributed by atoms with Gasteiger partial charge >= 0.3 is 0 Å². The van der Waals surface area contributed by atoms with Crippen LogP contribution in [0.4, 0.5) is 4.39 Å². The SMILES string of the molecule is CN(C)[C@@H](CNC(=O)C1(c2ccc(F)cc2)CC1)c1cc2ccccc2o1. The molecule has 140 valence electrons. The van der Waals surface area contributed by atoms with Crippen molar-refractivity contribution in [3.8, 4) is 0 Å². The highest BCUT2D eigenvalue weighted by Crippen LogP contribution is 2.48. The van der Waals surface area contributed by atoms with E-state index in [-0.39, 0.29) is 17.8 Å². The molecule has 1 fully saturated rings. The molecule has 1 N–H and O–H groups in total. The fourth-order valence-electron chi connectivity index (χ4n) is 3.60. The van der Waals surface area contributed by atoms with E-state index >= 15 is 0 Å². The molecular weight excluding hydrogens is 343 g/mol. The number of likely N-dealkylation sites (N-methyl/N-ethyl adjacent to an activating group) is 1. The molecule has 1 amide bonds. The number of para-hydroxylation sites is 1. The van der Waals surface area contributed by atoms with Gasteiger partial charge in [0.05, 0.1) is 11.5 Å². The summed E-state index contributed by atoms with van der Waals surface area (Å²) in [6, 6.07) is 16.1. The lowest BCUT2D eigenvalue weighted by Gasteiger charge is -2.24. The van der Waals surface area contributed by atoms with Crippen LogP contribution in [0.2, 0.25) is 0 Å². The summed E-state index contributed by atoms with van der Waals surface area (Å²) in [7, 11) is 3.94. The monoisotopic (exact) mass is 366 g/mol. The van der Waals surface area contributed by atoms with Crippen molar-refractivity contribution in [2.24, 2.45) is 0 Å². The van der Waals surface area contributed by atoms with Crippen LogP contribution in [0, 0.1) is 5.82 Å². The van der Waals surface area contributed by atoms with Crippen LogP contribution in [0.15, 0.2) is 59.0 Å². The third-order valence-corrected chi connectivity index (χ3v) is 5.43. The summed E-state index contributed by atoms with van der Waals surface area (Å²) >= 11 is 0. The summed E-state index contributed by atoms with van der Waals surface area (Å²) < 4.78 is 19.2. The summed E-state index contributed by atoms with van der Waals surface area (Å²) in [6.45, 7) is 0.453. The zero-order chi connectivity index (χ0) is 19.0. The predicted molar refractivity (Wildman–Crippen MR) is 103 cm³/mol. The van der Waals surface area contributed by atoms with Gasteiger partial charge in [0.1, 0.15) is 17.2 Å². The topological polar surface area (TPSA) is 45.5 Å². The number of amides is 1. The molecule has 1 heterocycles. The van der Waals surface area contributed by atoms with Gasteiger partial charge in [0.25, 0.3) is 0 Å². The first-order chi connectivity index (χ1) is 13.0. The number of benzene rings is 2. The Morgan fingerprint density at radius 1 is 1.19 bits per heavy atom. The highest BCUT2D eigenvalue weighted by atomic mass is 19.1. The van der Waals surface area contributed by atoms with Gasteiger partial charge in [-0.25, -0.2) is 4.39 Å². The smallest absolute Gasteiger partial charge is 0.230 e. The molecule has 5 heteroatoms. The van der Waals surface area contributed by atoms with Gasteiger partial charge in [-0.2, -0.15) is 0 Å². The van der Waals surface area contributed by atoms with E-state index in [1.165, 1.54) is 12.1 Å². The molecule has 2 aromatic carbocycles. The summed E-state index contributed by atoms with van der Waals surface area (Å²) in [5, 5.41) is 4.14. The number of rotatable bonds is 6. The van der Waals surface area contributed by atoms with Crippen LogP contribution in [0.5, 0.6) is 0 Å². The number of hydrogen-bond acceptors (Lipinski definition) is 3. The summed E-state index contributed by atoms with van der Waals surface area (Å²) in [5.74, 6) is 0.540. The first-order valence-electron chi connectivity index (χ1n) is 9.19. The van der Waals surface area contributed by atoms with E-state index in [1.807, 2.05) is 49.3 Å². The maximum absolute atomic E-state index is 13.2. The van der Waals surface area contributed by atoms with Crippen LogP contribution in [0.1, 0.15) is 30.2 Å². The van der Waals surface area contributed by atoms with Crippen molar-refractivity contribution in [3.05, 3.63) is 71.7 Å². The van der Waals surface area contributed by atoms with Gasteiger partial charge in [-0.05, 0) is 56.8 Å². The third-order valence-electron chi connectivity index (χ3n) is 5.43. The second-order valence-electron chi connectivity index (χ2n) is 7.47. The van der Waals surface area contributed by atoms with Crippen molar-refractivity contribution >= 4 is 16.9 Å². The molecule has 1 aromatic heterocycles. The van der Waals surface area contributed by atoms with Crippen molar-refractivity contribution in [1.82, 2.24) is 10.2 Å². The Balaban J connectivity index is 1.50. The highest BCUT2D eigenvalue weighted by molar-refractivity contribution is 5.91. The van der Waals surface area contributed by atoms with E-state index in [4.69, 9.17) is 4.42 Å². The lowest BCUT2D eigenvalue weighted by Crippen LogP contribution is -2.40. The molecule has 0 radical (unpaired) electrons. The molecule has 4 rings (SSSR count). The largest absolute Gasteiger partial charge is 0.459 e. The van der Waals surface area contributed by atoms with Gasteiger partial charge in [0, 0.05) is 11.9 Å². The predicted octanol–water partition coefficient (Wildman–Crippen LogP) is 4.02. The Bertz CT molecular complexity index is 925. The normalized spacial score (nSPS) is 16.4. The van der Waals surface area contributed by atoms with E-state index in [1.54, 1.807) is 12.1 Å². The molecule has 0 bridgehead atoms. The minimum atomic E-state index is -0.515. The second kappa shape index (κ2) is 6.82.